The second-order valence-corrected chi connectivity index (χ2v) is 3.33. The minimum absolute atomic E-state index is 0.169. The van der Waals surface area contributed by atoms with Crippen molar-refractivity contribution in [3.8, 4) is 0 Å². The van der Waals surface area contributed by atoms with Crippen LogP contribution in [-0.2, 0) is 6.42 Å². The van der Waals surface area contributed by atoms with E-state index in [0.717, 1.165) is 5.69 Å². The predicted octanol–water partition coefficient (Wildman–Crippen LogP) is -0.191. The molecule has 0 radical (unpaired) electrons. The van der Waals surface area contributed by atoms with Gasteiger partial charge in [0, 0.05) is 24.9 Å². The molecule has 0 bridgehead atoms. The predicted molar refractivity (Wildman–Crippen MR) is 55.7 cm³/mol. The smallest absolute Gasteiger partial charge is 0.290 e. The third kappa shape index (κ3) is 2.44. The first-order valence-corrected chi connectivity index (χ1v) is 4.90. The molecule has 0 atom stereocenters. The van der Waals surface area contributed by atoms with E-state index in [-0.39, 0.29) is 11.7 Å². The molecule has 0 unspecified atom stereocenters. The Kier molecular flexibility index (Phi) is 2.95. The molecule has 84 valence electrons. The highest BCUT2D eigenvalue weighted by Gasteiger charge is 2.09. The maximum atomic E-state index is 11.5. The van der Waals surface area contributed by atoms with E-state index in [1.54, 1.807) is 19.4 Å². The molecular weight excluding hydrogens is 208 g/mol. The number of H-pyrrole nitrogens is 2. The first kappa shape index (κ1) is 10.3. The number of carbonyl (C=O) groups excluding carboxylic acids is 1. The van der Waals surface area contributed by atoms with Crippen LogP contribution in [-0.4, -0.2) is 37.6 Å². The number of aromatic nitrogens is 5. The van der Waals surface area contributed by atoms with Gasteiger partial charge < -0.3 is 10.3 Å². The van der Waals surface area contributed by atoms with Gasteiger partial charge in [-0.25, -0.2) is 9.97 Å². The van der Waals surface area contributed by atoms with Crippen molar-refractivity contribution < 1.29 is 4.79 Å². The normalized spacial score (nSPS) is 10.3. The van der Waals surface area contributed by atoms with Crippen molar-refractivity contribution in [2.24, 2.45) is 0 Å². The third-order valence-electron chi connectivity index (χ3n) is 2.04. The molecule has 2 heterocycles. The molecule has 0 aliphatic heterocycles. The first-order valence-electron chi connectivity index (χ1n) is 4.90. The van der Waals surface area contributed by atoms with E-state index < -0.39 is 0 Å². The van der Waals surface area contributed by atoms with Crippen LogP contribution in [0.5, 0.6) is 0 Å². The molecule has 7 nitrogen and oxygen atoms in total. The average Bonchev–Trinajstić information content (AvgIpc) is 2.89. The fraction of sp³-hybridized carbons (Fsp3) is 0.333. The van der Waals surface area contributed by atoms with Crippen molar-refractivity contribution in [3.05, 3.63) is 29.9 Å². The van der Waals surface area contributed by atoms with Gasteiger partial charge in [0.1, 0.15) is 5.82 Å². The quantitative estimate of drug-likeness (QED) is 0.664. The van der Waals surface area contributed by atoms with Crippen molar-refractivity contribution in [1.82, 2.24) is 30.5 Å². The summed E-state index contributed by atoms with van der Waals surface area (Å²) in [6.07, 6.45) is 4.04. The monoisotopic (exact) mass is 220 g/mol. The summed E-state index contributed by atoms with van der Waals surface area (Å²) >= 11 is 0. The fourth-order valence-electron chi connectivity index (χ4n) is 1.26. The summed E-state index contributed by atoms with van der Waals surface area (Å²) in [6, 6.07) is 0. The lowest BCUT2D eigenvalue weighted by atomic mass is 10.3. The molecule has 0 saturated carbocycles. The number of rotatable bonds is 4. The molecule has 0 spiro atoms. The van der Waals surface area contributed by atoms with Gasteiger partial charge in [-0.3, -0.25) is 9.89 Å². The van der Waals surface area contributed by atoms with Crippen LogP contribution in [0.25, 0.3) is 0 Å². The molecule has 3 N–H and O–H groups in total. The van der Waals surface area contributed by atoms with E-state index in [1.165, 1.54) is 0 Å². The van der Waals surface area contributed by atoms with Crippen molar-refractivity contribution in [2.75, 3.05) is 6.54 Å². The van der Waals surface area contributed by atoms with Gasteiger partial charge in [-0.1, -0.05) is 0 Å². The molecule has 2 aromatic heterocycles. The molecular formula is C9H12N6O. The van der Waals surface area contributed by atoms with E-state index >= 15 is 0 Å². The zero-order valence-corrected chi connectivity index (χ0v) is 8.82. The molecule has 2 aromatic rings. The molecule has 0 aliphatic rings. The van der Waals surface area contributed by atoms with Crippen LogP contribution >= 0.6 is 0 Å². The molecule has 2 rings (SSSR count). The summed E-state index contributed by atoms with van der Waals surface area (Å²) in [4.78, 5) is 22.3. The van der Waals surface area contributed by atoms with Gasteiger partial charge in [-0.15, -0.1) is 5.10 Å². The fourth-order valence-corrected chi connectivity index (χ4v) is 1.26. The second kappa shape index (κ2) is 4.56. The summed E-state index contributed by atoms with van der Waals surface area (Å²) < 4.78 is 0. The molecule has 0 aromatic carbocycles. The number of nitrogens with zero attached hydrogens (tertiary/aromatic N) is 3. The number of amides is 1. The molecule has 0 fully saturated rings. The minimum atomic E-state index is -0.274. The molecule has 0 saturated heterocycles. The van der Waals surface area contributed by atoms with Gasteiger partial charge in [-0.05, 0) is 6.92 Å². The van der Waals surface area contributed by atoms with Crippen LogP contribution in [0.1, 0.15) is 22.1 Å². The highest BCUT2D eigenvalue weighted by molar-refractivity contribution is 5.90. The standard InChI is InChI=1S/C9H12N6O/c1-6-13-8(15-14-6)9(16)11-3-2-7-4-10-5-12-7/h4-5H,2-3H2,1H3,(H,10,12)(H,11,16)(H,13,14,15). The maximum Gasteiger partial charge on any atom is 0.290 e. The maximum absolute atomic E-state index is 11.5. The summed E-state index contributed by atoms with van der Waals surface area (Å²) in [5, 5.41) is 9.10. The molecule has 7 heteroatoms. The Hall–Kier alpha value is -2.18. The number of aromatic amines is 2. The van der Waals surface area contributed by atoms with Gasteiger partial charge in [-0.2, -0.15) is 0 Å². The largest absolute Gasteiger partial charge is 0.349 e. The summed E-state index contributed by atoms with van der Waals surface area (Å²) in [6.45, 7) is 2.27. The third-order valence-corrected chi connectivity index (χ3v) is 2.04. The van der Waals surface area contributed by atoms with Gasteiger partial charge in [0.2, 0.25) is 5.82 Å². The Morgan fingerprint density at radius 3 is 3.06 bits per heavy atom. The zero-order chi connectivity index (χ0) is 11.4. The van der Waals surface area contributed by atoms with E-state index in [2.05, 4.69) is 30.5 Å². The number of nitrogens with one attached hydrogen (secondary N) is 3. The van der Waals surface area contributed by atoms with Gasteiger partial charge in [0.15, 0.2) is 0 Å². The number of carbonyl (C=O) groups is 1. The highest BCUT2D eigenvalue weighted by atomic mass is 16.2. The Balaban J connectivity index is 1.80. The van der Waals surface area contributed by atoms with Crippen LogP contribution in [0.3, 0.4) is 0 Å². The number of imidazole rings is 1. The Bertz CT molecular complexity index is 460. The van der Waals surface area contributed by atoms with Gasteiger partial charge >= 0.3 is 0 Å². The molecule has 0 aliphatic carbocycles. The van der Waals surface area contributed by atoms with Crippen LogP contribution < -0.4 is 5.32 Å². The Labute approximate surface area is 91.7 Å². The lowest BCUT2D eigenvalue weighted by Crippen LogP contribution is -2.26. The summed E-state index contributed by atoms with van der Waals surface area (Å²) in [5.41, 5.74) is 0.978. The summed E-state index contributed by atoms with van der Waals surface area (Å²) in [7, 11) is 0. The van der Waals surface area contributed by atoms with Crippen molar-refractivity contribution in [3.63, 3.8) is 0 Å². The minimum Gasteiger partial charge on any atom is -0.349 e. The number of aryl methyl sites for hydroxylation is 1. The van der Waals surface area contributed by atoms with E-state index in [1.807, 2.05) is 0 Å². The summed E-state index contributed by atoms with van der Waals surface area (Å²) in [5.74, 6) is 0.518. The number of hydrogen-bond acceptors (Lipinski definition) is 4. The Morgan fingerprint density at radius 1 is 1.56 bits per heavy atom. The molecule has 16 heavy (non-hydrogen) atoms. The zero-order valence-electron chi connectivity index (χ0n) is 8.82. The average molecular weight is 220 g/mol. The van der Waals surface area contributed by atoms with E-state index in [9.17, 15) is 4.79 Å². The van der Waals surface area contributed by atoms with Crippen molar-refractivity contribution >= 4 is 5.91 Å². The van der Waals surface area contributed by atoms with E-state index in [4.69, 9.17) is 0 Å². The van der Waals surface area contributed by atoms with Crippen LogP contribution in [0, 0.1) is 6.92 Å². The SMILES string of the molecule is Cc1nc(C(=O)NCCc2cnc[nH]2)n[nH]1. The first-order chi connectivity index (χ1) is 7.75. The lowest BCUT2D eigenvalue weighted by Gasteiger charge is -2.00. The van der Waals surface area contributed by atoms with Gasteiger partial charge in [0.25, 0.3) is 5.91 Å². The van der Waals surface area contributed by atoms with Crippen molar-refractivity contribution in [2.45, 2.75) is 13.3 Å². The van der Waals surface area contributed by atoms with Crippen LogP contribution in [0.4, 0.5) is 0 Å². The highest BCUT2D eigenvalue weighted by Crippen LogP contribution is 1.93. The van der Waals surface area contributed by atoms with E-state index in [0.29, 0.717) is 18.8 Å². The van der Waals surface area contributed by atoms with Gasteiger partial charge in [0.05, 0.1) is 6.33 Å². The topological polar surface area (TPSA) is 99.3 Å². The Morgan fingerprint density at radius 2 is 2.44 bits per heavy atom. The number of hydrogen-bond donors (Lipinski definition) is 3. The molecule has 1 amide bonds. The van der Waals surface area contributed by atoms with Crippen LogP contribution in [0.15, 0.2) is 12.5 Å². The lowest BCUT2D eigenvalue weighted by molar-refractivity contribution is 0.0944. The van der Waals surface area contributed by atoms with Crippen molar-refractivity contribution in [1.29, 1.82) is 0 Å². The second-order valence-electron chi connectivity index (χ2n) is 3.33. The van der Waals surface area contributed by atoms with Crippen LogP contribution in [0.2, 0.25) is 0 Å².